The van der Waals surface area contributed by atoms with Crippen LogP contribution in [0.1, 0.15) is 33.6 Å². The summed E-state index contributed by atoms with van der Waals surface area (Å²) >= 11 is 5.91. The van der Waals surface area contributed by atoms with Crippen LogP contribution in [0.25, 0.3) is 0 Å². The molecule has 0 bridgehead atoms. The van der Waals surface area contributed by atoms with Gasteiger partial charge in [0.1, 0.15) is 6.04 Å². The molecule has 2 aromatic rings. The summed E-state index contributed by atoms with van der Waals surface area (Å²) in [6.07, 6.45) is 1.22. The fourth-order valence-corrected chi connectivity index (χ4v) is 3.93. The third kappa shape index (κ3) is 6.31. The summed E-state index contributed by atoms with van der Waals surface area (Å²) in [6.45, 7) is 1.77. The average molecular weight is 458 g/mol. The van der Waals surface area contributed by atoms with E-state index < -0.39 is 6.04 Å². The van der Waals surface area contributed by atoms with Crippen molar-refractivity contribution in [2.24, 2.45) is 5.92 Å². The highest BCUT2D eigenvalue weighted by Crippen LogP contribution is 2.23. The lowest BCUT2D eigenvalue weighted by Gasteiger charge is -2.36. The summed E-state index contributed by atoms with van der Waals surface area (Å²) < 4.78 is 5.00. The Kier molecular flexibility index (Phi) is 8.64. The standard InChI is InChI=1S/C24H28ClN3O4/c1-32-16-13-26-23(30)21(27-22(29)18-5-3-2-4-6-18)17-11-14-28(15-12-17)24(31)19-7-9-20(25)10-8-19/h2-10,17,21H,11-16H2,1H3,(H,26,30)(H,27,29)/t21-/m0/s1. The predicted octanol–water partition coefficient (Wildman–Crippen LogP) is 2.75. The van der Waals surface area contributed by atoms with Gasteiger partial charge >= 0.3 is 0 Å². The van der Waals surface area contributed by atoms with E-state index in [0.29, 0.717) is 55.2 Å². The molecule has 0 aliphatic carbocycles. The van der Waals surface area contributed by atoms with Crippen molar-refractivity contribution in [2.75, 3.05) is 33.4 Å². The highest BCUT2D eigenvalue weighted by Gasteiger charge is 2.34. The van der Waals surface area contributed by atoms with Crippen molar-refractivity contribution in [3.63, 3.8) is 0 Å². The monoisotopic (exact) mass is 457 g/mol. The lowest BCUT2D eigenvalue weighted by atomic mass is 9.88. The largest absolute Gasteiger partial charge is 0.383 e. The van der Waals surface area contributed by atoms with Crippen LogP contribution in [0.5, 0.6) is 0 Å². The Morgan fingerprint density at radius 1 is 1.03 bits per heavy atom. The van der Waals surface area contributed by atoms with E-state index in [0.717, 1.165) is 0 Å². The van der Waals surface area contributed by atoms with Gasteiger partial charge in [-0.2, -0.15) is 0 Å². The Balaban J connectivity index is 1.65. The van der Waals surface area contributed by atoms with Gasteiger partial charge in [-0.3, -0.25) is 14.4 Å². The number of nitrogens with one attached hydrogen (secondary N) is 2. The topological polar surface area (TPSA) is 87.7 Å². The van der Waals surface area contributed by atoms with Gasteiger partial charge in [0.15, 0.2) is 0 Å². The van der Waals surface area contributed by atoms with Crippen molar-refractivity contribution in [3.05, 3.63) is 70.7 Å². The van der Waals surface area contributed by atoms with Crippen LogP contribution in [-0.4, -0.2) is 62.0 Å². The molecule has 0 unspecified atom stereocenters. The molecule has 7 nitrogen and oxygen atoms in total. The Labute approximate surface area is 193 Å². The maximum Gasteiger partial charge on any atom is 0.253 e. The zero-order valence-electron chi connectivity index (χ0n) is 18.1. The fourth-order valence-electron chi connectivity index (χ4n) is 3.81. The molecule has 1 atom stereocenters. The summed E-state index contributed by atoms with van der Waals surface area (Å²) in [4.78, 5) is 40.2. The first-order valence-corrected chi connectivity index (χ1v) is 11.0. The number of rotatable bonds is 8. The third-order valence-corrected chi connectivity index (χ3v) is 5.85. The molecule has 8 heteroatoms. The first-order chi connectivity index (χ1) is 15.5. The molecule has 2 N–H and O–H groups in total. The molecule has 3 amide bonds. The van der Waals surface area contributed by atoms with Gasteiger partial charge in [0.05, 0.1) is 6.61 Å². The van der Waals surface area contributed by atoms with Crippen molar-refractivity contribution in [3.8, 4) is 0 Å². The van der Waals surface area contributed by atoms with Gasteiger partial charge in [0, 0.05) is 42.9 Å². The number of halogens is 1. The Morgan fingerprint density at radius 2 is 1.69 bits per heavy atom. The van der Waals surface area contributed by atoms with Gasteiger partial charge < -0.3 is 20.3 Å². The number of benzene rings is 2. The van der Waals surface area contributed by atoms with Crippen LogP contribution in [0.4, 0.5) is 0 Å². The van der Waals surface area contributed by atoms with Gasteiger partial charge in [-0.25, -0.2) is 0 Å². The van der Waals surface area contributed by atoms with E-state index in [1.165, 1.54) is 0 Å². The van der Waals surface area contributed by atoms with Crippen LogP contribution < -0.4 is 10.6 Å². The number of hydrogen-bond acceptors (Lipinski definition) is 4. The van der Waals surface area contributed by atoms with Crippen LogP contribution in [0, 0.1) is 5.92 Å². The van der Waals surface area contributed by atoms with E-state index in [9.17, 15) is 14.4 Å². The SMILES string of the molecule is COCCNC(=O)[C@@H](NC(=O)c1ccccc1)C1CCN(C(=O)c2ccc(Cl)cc2)CC1. The molecular formula is C24H28ClN3O4. The van der Waals surface area contributed by atoms with Crippen LogP contribution in [-0.2, 0) is 9.53 Å². The zero-order chi connectivity index (χ0) is 22.9. The van der Waals surface area contributed by atoms with Crippen LogP contribution in [0.2, 0.25) is 5.02 Å². The van der Waals surface area contributed by atoms with Crippen molar-refractivity contribution in [1.82, 2.24) is 15.5 Å². The molecule has 3 rings (SSSR count). The maximum atomic E-state index is 12.9. The first-order valence-electron chi connectivity index (χ1n) is 10.7. The maximum absolute atomic E-state index is 12.9. The quantitative estimate of drug-likeness (QED) is 0.597. The first kappa shape index (κ1) is 23.8. The summed E-state index contributed by atoms with van der Waals surface area (Å²) in [5.74, 6) is -0.681. The number of carbonyl (C=O) groups excluding carboxylic acids is 3. The van der Waals surface area contributed by atoms with Gasteiger partial charge in [-0.05, 0) is 55.2 Å². The number of likely N-dealkylation sites (tertiary alicyclic amines) is 1. The molecule has 1 saturated heterocycles. The van der Waals surface area contributed by atoms with E-state index >= 15 is 0 Å². The number of amides is 3. The summed E-state index contributed by atoms with van der Waals surface area (Å²) in [5.41, 5.74) is 1.08. The van der Waals surface area contributed by atoms with Gasteiger partial charge in [0.25, 0.3) is 11.8 Å². The molecule has 2 aromatic carbocycles. The summed E-state index contributed by atoms with van der Waals surface area (Å²) in [5, 5.41) is 6.31. The predicted molar refractivity (Wildman–Crippen MR) is 123 cm³/mol. The lowest BCUT2D eigenvalue weighted by molar-refractivity contribution is -0.124. The van der Waals surface area contributed by atoms with E-state index in [1.807, 2.05) is 6.07 Å². The highest BCUT2D eigenvalue weighted by molar-refractivity contribution is 6.30. The van der Waals surface area contributed by atoms with Crippen LogP contribution in [0.15, 0.2) is 54.6 Å². The normalized spacial score (nSPS) is 15.1. The molecule has 32 heavy (non-hydrogen) atoms. The molecule has 0 saturated carbocycles. The minimum Gasteiger partial charge on any atom is -0.383 e. The smallest absolute Gasteiger partial charge is 0.253 e. The third-order valence-electron chi connectivity index (χ3n) is 5.60. The van der Waals surface area contributed by atoms with E-state index in [1.54, 1.807) is 60.5 Å². The fraction of sp³-hybridized carbons (Fsp3) is 0.375. The molecule has 0 spiro atoms. The van der Waals surface area contributed by atoms with Gasteiger partial charge in [-0.1, -0.05) is 29.8 Å². The molecule has 170 valence electrons. The average Bonchev–Trinajstić information content (AvgIpc) is 2.83. The van der Waals surface area contributed by atoms with E-state index in [4.69, 9.17) is 16.3 Å². The number of carbonyl (C=O) groups is 3. The molecule has 1 heterocycles. The highest BCUT2D eigenvalue weighted by atomic mass is 35.5. The number of methoxy groups -OCH3 is 1. The van der Waals surface area contributed by atoms with Crippen molar-refractivity contribution in [2.45, 2.75) is 18.9 Å². The zero-order valence-corrected chi connectivity index (χ0v) is 18.8. The van der Waals surface area contributed by atoms with Crippen LogP contribution >= 0.6 is 11.6 Å². The number of nitrogens with zero attached hydrogens (tertiary/aromatic N) is 1. The lowest BCUT2D eigenvalue weighted by Crippen LogP contribution is -2.54. The Bertz CT molecular complexity index is 913. The van der Waals surface area contributed by atoms with E-state index in [2.05, 4.69) is 10.6 Å². The van der Waals surface area contributed by atoms with Crippen molar-refractivity contribution >= 4 is 29.3 Å². The van der Waals surface area contributed by atoms with Gasteiger partial charge in [-0.15, -0.1) is 0 Å². The van der Waals surface area contributed by atoms with Gasteiger partial charge in [0.2, 0.25) is 5.91 Å². The van der Waals surface area contributed by atoms with Crippen LogP contribution in [0.3, 0.4) is 0 Å². The summed E-state index contributed by atoms with van der Waals surface area (Å²) in [7, 11) is 1.56. The van der Waals surface area contributed by atoms with Crippen molar-refractivity contribution < 1.29 is 19.1 Å². The molecule has 1 aliphatic heterocycles. The second-order valence-corrected chi connectivity index (χ2v) is 8.17. The van der Waals surface area contributed by atoms with Crippen molar-refractivity contribution in [1.29, 1.82) is 0 Å². The molecule has 1 fully saturated rings. The minimum atomic E-state index is -0.688. The molecular weight excluding hydrogens is 430 g/mol. The Hall–Kier alpha value is -2.90. The summed E-state index contributed by atoms with van der Waals surface area (Å²) in [6, 6.07) is 14.9. The minimum absolute atomic E-state index is 0.0606. The number of ether oxygens (including phenoxy) is 1. The number of hydrogen-bond donors (Lipinski definition) is 2. The second-order valence-electron chi connectivity index (χ2n) is 7.74. The molecule has 0 radical (unpaired) electrons. The number of piperidine rings is 1. The molecule has 0 aromatic heterocycles. The van der Waals surface area contributed by atoms with E-state index in [-0.39, 0.29) is 23.6 Å². The Morgan fingerprint density at radius 3 is 2.31 bits per heavy atom. The second kappa shape index (κ2) is 11.6. The molecule has 1 aliphatic rings.